The Bertz CT molecular complexity index is 1250. The van der Waals surface area contributed by atoms with E-state index in [1.807, 2.05) is 69.3 Å². The molecule has 0 spiro atoms. The number of anilines is 1. The highest BCUT2D eigenvalue weighted by atomic mass is 16.6. The Kier molecular flexibility index (Phi) is 9.08. The van der Waals surface area contributed by atoms with Crippen LogP contribution in [0.4, 0.5) is 10.5 Å². The van der Waals surface area contributed by atoms with Crippen LogP contribution < -0.4 is 4.90 Å². The van der Waals surface area contributed by atoms with Crippen molar-refractivity contribution in [2.24, 2.45) is 0 Å². The Morgan fingerprint density at radius 3 is 2.26 bits per heavy atom. The molecule has 2 unspecified atom stereocenters. The van der Waals surface area contributed by atoms with Gasteiger partial charge >= 0.3 is 12.1 Å². The maximum atomic E-state index is 13.0. The number of rotatable bonds is 8. The van der Waals surface area contributed by atoms with Gasteiger partial charge in [0.25, 0.3) is 0 Å². The number of carbonyl (C=O) groups excluding carboxylic acids is 2. The molecule has 0 saturated heterocycles. The van der Waals surface area contributed by atoms with Crippen molar-refractivity contribution < 1.29 is 19.1 Å². The van der Waals surface area contributed by atoms with E-state index in [2.05, 4.69) is 42.2 Å². The second-order valence-corrected chi connectivity index (χ2v) is 11.2. The standard InChI is InChI=1S/C33H40N2O4/c1-24(26-15-10-7-11-16-26)35(23-25-13-8-6-9-14-25)30(22-31(36)38-5)28-18-19-29-27(21-28)17-12-20-34(29)32(37)39-33(2,3)4/h6-11,13-16,18-19,21,24,30H,12,17,20,22-23H2,1-5H3. The van der Waals surface area contributed by atoms with E-state index >= 15 is 0 Å². The second-order valence-electron chi connectivity index (χ2n) is 11.2. The number of carbonyl (C=O) groups is 2. The summed E-state index contributed by atoms with van der Waals surface area (Å²) in [7, 11) is 1.44. The van der Waals surface area contributed by atoms with E-state index in [-0.39, 0.29) is 30.6 Å². The first-order chi connectivity index (χ1) is 18.7. The topological polar surface area (TPSA) is 59.1 Å². The molecule has 6 nitrogen and oxygen atoms in total. The molecule has 3 aromatic carbocycles. The molecule has 0 aliphatic carbocycles. The highest BCUT2D eigenvalue weighted by Gasteiger charge is 2.32. The van der Waals surface area contributed by atoms with Crippen molar-refractivity contribution in [2.75, 3.05) is 18.6 Å². The number of fused-ring (bicyclic) bond motifs is 1. The fourth-order valence-corrected chi connectivity index (χ4v) is 5.23. The van der Waals surface area contributed by atoms with Crippen LogP contribution in [0.15, 0.2) is 78.9 Å². The van der Waals surface area contributed by atoms with Crippen molar-refractivity contribution in [2.45, 2.75) is 71.2 Å². The molecule has 0 bridgehead atoms. The van der Waals surface area contributed by atoms with E-state index in [0.29, 0.717) is 13.1 Å². The maximum absolute atomic E-state index is 13.0. The van der Waals surface area contributed by atoms with Gasteiger partial charge in [-0.15, -0.1) is 0 Å². The van der Waals surface area contributed by atoms with E-state index in [1.165, 1.54) is 18.2 Å². The first-order valence-electron chi connectivity index (χ1n) is 13.7. The van der Waals surface area contributed by atoms with Gasteiger partial charge in [0.15, 0.2) is 0 Å². The number of ether oxygens (including phenoxy) is 2. The SMILES string of the molecule is COC(=O)CC(c1ccc2c(c1)CCCN2C(=O)OC(C)(C)C)N(Cc1ccccc1)C(C)c1ccccc1. The zero-order valence-electron chi connectivity index (χ0n) is 23.7. The van der Waals surface area contributed by atoms with Crippen LogP contribution in [-0.4, -0.2) is 36.2 Å². The molecule has 0 radical (unpaired) electrons. The molecule has 1 aliphatic heterocycles. The average Bonchev–Trinajstić information content (AvgIpc) is 2.93. The van der Waals surface area contributed by atoms with Gasteiger partial charge in [0, 0.05) is 25.2 Å². The summed E-state index contributed by atoms with van der Waals surface area (Å²) in [6.07, 6.45) is 1.60. The fourth-order valence-electron chi connectivity index (χ4n) is 5.23. The first-order valence-corrected chi connectivity index (χ1v) is 13.7. The Balaban J connectivity index is 1.74. The van der Waals surface area contributed by atoms with Gasteiger partial charge in [-0.3, -0.25) is 14.6 Å². The van der Waals surface area contributed by atoms with Crippen LogP contribution in [0.3, 0.4) is 0 Å². The number of methoxy groups -OCH3 is 1. The number of esters is 1. The Hall–Kier alpha value is -3.64. The molecule has 1 amide bonds. The highest BCUT2D eigenvalue weighted by molar-refractivity contribution is 5.89. The van der Waals surface area contributed by atoms with E-state index < -0.39 is 5.60 Å². The summed E-state index contributed by atoms with van der Waals surface area (Å²) >= 11 is 0. The Morgan fingerprint density at radius 2 is 1.62 bits per heavy atom. The van der Waals surface area contributed by atoms with E-state index in [1.54, 1.807) is 4.90 Å². The average molecular weight is 529 g/mol. The van der Waals surface area contributed by atoms with Crippen LogP contribution >= 0.6 is 0 Å². The van der Waals surface area contributed by atoms with Crippen molar-refractivity contribution in [1.29, 1.82) is 0 Å². The lowest BCUT2D eigenvalue weighted by molar-refractivity contribution is -0.142. The molecule has 2 atom stereocenters. The molecule has 39 heavy (non-hydrogen) atoms. The minimum absolute atomic E-state index is 0.0374. The van der Waals surface area contributed by atoms with Crippen LogP contribution in [0.25, 0.3) is 0 Å². The quantitative estimate of drug-likeness (QED) is 0.288. The minimum atomic E-state index is -0.564. The number of amides is 1. The molecule has 3 aromatic rings. The third-order valence-corrected chi connectivity index (χ3v) is 7.20. The summed E-state index contributed by atoms with van der Waals surface area (Å²) in [4.78, 5) is 29.8. The molecule has 0 saturated carbocycles. The number of hydrogen-bond donors (Lipinski definition) is 0. The molecule has 206 valence electrons. The van der Waals surface area contributed by atoms with Gasteiger partial charge < -0.3 is 9.47 Å². The first kappa shape index (κ1) is 28.4. The summed E-state index contributed by atoms with van der Waals surface area (Å²) in [6, 6.07) is 26.7. The van der Waals surface area contributed by atoms with Crippen molar-refractivity contribution in [1.82, 2.24) is 4.90 Å². The Morgan fingerprint density at radius 1 is 0.949 bits per heavy atom. The lowest BCUT2D eigenvalue weighted by atomic mass is 9.92. The molecule has 0 N–H and O–H groups in total. The number of benzene rings is 3. The van der Waals surface area contributed by atoms with Crippen molar-refractivity contribution in [3.05, 3.63) is 101 Å². The van der Waals surface area contributed by atoms with Gasteiger partial charge in [-0.25, -0.2) is 4.79 Å². The zero-order valence-corrected chi connectivity index (χ0v) is 23.7. The summed E-state index contributed by atoms with van der Waals surface area (Å²) in [6.45, 7) is 9.12. The summed E-state index contributed by atoms with van der Waals surface area (Å²) in [5.41, 5.74) is 4.78. The lowest BCUT2D eigenvalue weighted by Crippen LogP contribution is -2.40. The predicted molar refractivity (Wildman–Crippen MR) is 155 cm³/mol. The zero-order chi connectivity index (χ0) is 28.0. The summed E-state index contributed by atoms with van der Waals surface area (Å²) in [5.74, 6) is -0.258. The molecule has 0 fully saturated rings. The number of aryl methyl sites for hydroxylation is 1. The van der Waals surface area contributed by atoms with Crippen LogP contribution in [0.2, 0.25) is 0 Å². The van der Waals surface area contributed by atoms with Crippen molar-refractivity contribution >= 4 is 17.7 Å². The van der Waals surface area contributed by atoms with Gasteiger partial charge in [0.05, 0.1) is 19.2 Å². The van der Waals surface area contributed by atoms with Crippen LogP contribution in [0.1, 0.15) is 74.9 Å². The summed E-state index contributed by atoms with van der Waals surface area (Å²) in [5, 5.41) is 0. The molecule has 1 aliphatic rings. The number of nitrogens with zero attached hydrogens (tertiary/aromatic N) is 2. The lowest BCUT2D eigenvalue weighted by Gasteiger charge is -2.38. The molecule has 6 heteroatoms. The smallest absolute Gasteiger partial charge is 0.414 e. The van der Waals surface area contributed by atoms with Crippen LogP contribution in [0, 0.1) is 0 Å². The van der Waals surface area contributed by atoms with E-state index in [9.17, 15) is 9.59 Å². The largest absolute Gasteiger partial charge is 0.469 e. The van der Waals surface area contributed by atoms with Gasteiger partial charge in [-0.2, -0.15) is 0 Å². The van der Waals surface area contributed by atoms with Crippen molar-refractivity contribution in [3.8, 4) is 0 Å². The van der Waals surface area contributed by atoms with E-state index in [0.717, 1.165) is 29.7 Å². The number of hydrogen-bond acceptors (Lipinski definition) is 5. The van der Waals surface area contributed by atoms with Gasteiger partial charge in [-0.1, -0.05) is 72.8 Å². The molecule has 0 aromatic heterocycles. The van der Waals surface area contributed by atoms with Crippen molar-refractivity contribution in [3.63, 3.8) is 0 Å². The normalized spacial score (nSPS) is 14.9. The minimum Gasteiger partial charge on any atom is -0.469 e. The Labute approximate surface area is 232 Å². The third kappa shape index (κ3) is 7.27. The third-order valence-electron chi connectivity index (χ3n) is 7.20. The van der Waals surface area contributed by atoms with E-state index in [4.69, 9.17) is 9.47 Å². The highest BCUT2D eigenvalue weighted by Crippen LogP contribution is 2.38. The molecular formula is C33H40N2O4. The van der Waals surface area contributed by atoms with Crippen LogP contribution in [-0.2, 0) is 27.2 Å². The summed E-state index contributed by atoms with van der Waals surface area (Å²) < 4.78 is 10.8. The molecular weight excluding hydrogens is 488 g/mol. The van der Waals surface area contributed by atoms with Gasteiger partial charge in [0.1, 0.15) is 5.60 Å². The molecule has 4 rings (SSSR count). The van der Waals surface area contributed by atoms with Gasteiger partial charge in [-0.05, 0) is 68.9 Å². The predicted octanol–water partition coefficient (Wildman–Crippen LogP) is 7.24. The maximum Gasteiger partial charge on any atom is 0.414 e. The molecule has 1 heterocycles. The second kappa shape index (κ2) is 12.5. The van der Waals surface area contributed by atoms with Crippen LogP contribution in [0.5, 0.6) is 0 Å². The van der Waals surface area contributed by atoms with Gasteiger partial charge in [0.2, 0.25) is 0 Å². The fraction of sp³-hybridized carbons (Fsp3) is 0.394. The monoisotopic (exact) mass is 528 g/mol.